The molecular weight excluding hydrogens is 243 g/mol. The Labute approximate surface area is 103 Å². The Bertz CT molecular complexity index is 442. The molecule has 1 heterocycles. The van der Waals surface area contributed by atoms with E-state index in [1.54, 1.807) is 0 Å². The summed E-state index contributed by atoms with van der Waals surface area (Å²) in [4.78, 5) is 3.70. The van der Waals surface area contributed by atoms with Crippen molar-refractivity contribution in [3.8, 4) is 0 Å². The molecule has 0 aromatic carbocycles. The minimum absolute atomic E-state index is 0.120. The number of halogens is 3. The van der Waals surface area contributed by atoms with E-state index in [1.165, 1.54) is 0 Å². The molecule has 0 aliphatic heterocycles. The molecule has 2 nitrogen and oxygen atoms in total. The number of rotatable bonds is 2. The van der Waals surface area contributed by atoms with Crippen molar-refractivity contribution in [2.45, 2.75) is 31.5 Å². The lowest BCUT2D eigenvalue weighted by Crippen LogP contribution is -2.19. The number of aliphatic hydroxyl groups is 1. The molecule has 0 fully saturated rings. The third-order valence-corrected chi connectivity index (χ3v) is 3.23. The van der Waals surface area contributed by atoms with Crippen LogP contribution in [0.4, 0.5) is 13.2 Å². The zero-order chi connectivity index (χ0) is 13.2. The van der Waals surface area contributed by atoms with Crippen molar-refractivity contribution in [1.29, 1.82) is 0 Å². The molecular formula is C13H14F3NO. The molecule has 0 amide bonds. The molecule has 2 atom stereocenters. The van der Waals surface area contributed by atoms with E-state index in [0.717, 1.165) is 24.9 Å². The number of hydrogen-bond acceptors (Lipinski definition) is 2. The van der Waals surface area contributed by atoms with E-state index >= 15 is 0 Å². The fourth-order valence-electron chi connectivity index (χ4n) is 2.26. The molecule has 0 saturated carbocycles. The van der Waals surface area contributed by atoms with Crippen molar-refractivity contribution < 1.29 is 18.3 Å². The highest BCUT2D eigenvalue weighted by molar-refractivity contribution is 5.29. The van der Waals surface area contributed by atoms with Gasteiger partial charge in [0.15, 0.2) is 0 Å². The van der Waals surface area contributed by atoms with Gasteiger partial charge < -0.3 is 5.11 Å². The summed E-state index contributed by atoms with van der Waals surface area (Å²) in [5.74, 6) is -0.166. The maximum atomic E-state index is 12.8. The highest BCUT2D eigenvalue weighted by atomic mass is 19.4. The number of aromatic nitrogens is 1. The minimum Gasteiger partial charge on any atom is -0.388 e. The van der Waals surface area contributed by atoms with Crippen LogP contribution in [0.1, 0.15) is 36.5 Å². The highest BCUT2D eigenvalue weighted by Gasteiger charge is 2.36. The third kappa shape index (κ3) is 2.72. The summed E-state index contributed by atoms with van der Waals surface area (Å²) in [5.41, 5.74) is -0.912. The van der Waals surface area contributed by atoms with Crippen molar-refractivity contribution in [2.75, 3.05) is 0 Å². The summed E-state index contributed by atoms with van der Waals surface area (Å²) in [7, 11) is 0. The zero-order valence-electron chi connectivity index (χ0n) is 9.69. The molecule has 0 spiro atoms. The van der Waals surface area contributed by atoms with E-state index in [1.807, 2.05) is 12.2 Å². The Morgan fingerprint density at radius 1 is 1.33 bits per heavy atom. The first kappa shape index (κ1) is 13.1. The summed E-state index contributed by atoms with van der Waals surface area (Å²) < 4.78 is 38.5. The second kappa shape index (κ2) is 5.10. The molecule has 0 radical (unpaired) electrons. The van der Waals surface area contributed by atoms with E-state index in [0.29, 0.717) is 12.8 Å². The molecule has 1 aromatic rings. The number of hydrogen-bond donors (Lipinski definition) is 1. The largest absolute Gasteiger partial charge is 0.416 e. The van der Waals surface area contributed by atoms with Crippen molar-refractivity contribution >= 4 is 0 Å². The predicted octanol–water partition coefficient (Wildman–Crippen LogP) is 3.49. The lowest BCUT2D eigenvalue weighted by molar-refractivity contribution is -0.139. The standard InChI is InChI=1S/C13H14F3NO/c14-13(15,16)11-6-7-17-8-10(11)12(18)9-4-2-1-3-5-9/h1-2,6-9,12,18H,3-5H2. The Morgan fingerprint density at radius 2 is 2.11 bits per heavy atom. The average molecular weight is 257 g/mol. The second-order valence-electron chi connectivity index (χ2n) is 4.45. The second-order valence-corrected chi connectivity index (χ2v) is 4.45. The molecule has 1 N–H and O–H groups in total. The van der Waals surface area contributed by atoms with Crippen LogP contribution >= 0.6 is 0 Å². The van der Waals surface area contributed by atoms with Crippen LogP contribution in [0.15, 0.2) is 30.6 Å². The lowest BCUT2D eigenvalue weighted by Gasteiger charge is -2.25. The first-order valence-corrected chi connectivity index (χ1v) is 5.84. The monoisotopic (exact) mass is 257 g/mol. The fraction of sp³-hybridized carbons (Fsp3) is 0.462. The van der Waals surface area contributed by atoms with Crippen LogP contribution in [-0.4, -0.2) is 10.1 Å². The van der Waals surface area contributed by atoms with Gasteiger partial charge in [-0.2, -0.15) is 13.2 Å². The van der Waals surface area contributed by atoms with E-state index in [9.17, 15) is 18.3 Å². The van der Waals surface area contributed by atoms with Crippen molar-refractivity contribution in [2.24, 2.45) is 5.92 Å². The van der Waals surface area contributed by atoms with Gasteiger partial charge in [0.1, 0.15) is 0 Å². The smallest absolute Gasteiger partial charge is 0.388 e. The van der Waals surface area contributed by atoms with Crippen LogP contribution < -0.4 is 0 Å². The van der Waals surface area contributed by atoms with Crippen LogP contribution in [0, 0.1) is 5.92 Å². The van der Waals surface area contributed by atoms with Gasteiger partial charge in [-0.25, -0.2) is 0 Å². The van der Waals surface area contributed by atoms with Crippen molar-refractivity contribution in [3.05, 3.63) is 41.7 Å². The van der Waals surface area contributed by atoms with Gasteiger partial charge in [0.2, 0.25) is 0 Å². The van der Waals surface area contributed by atoms with E-state index in [4.69, 9.17) is 0 Å². The molecule has 1 aliphatic carbocycles. The molecule has 2 rings (SSSR count). The topological polar surface area (TPSA) is 33.1 Å². The molecule has 5 heteroatoms. The Morgan fingerprint density at radius 3 is 2.72 bits per heavy atom. The number of allylic oxidation sites excluding steroid dienone is 2. The minimum atomic E-state index is -4.45. The summed E-state index contributed by atoms with van der Waals surface area (Å²) in [6, 6.07) is 0.914. The Hall–Kier alpha value is -1.36. The predicted molar refractivity (Wildman–Crippen MR) is 60.7 cm³/mol. The lowest BCUT2D eigenvalue weighted by atomic mass is 9.85. The zero-order valence-corrected chi connectivity index (χ0v) is 9.69. The van der Waals surface area contributed by atoms with E-state index in [2.05, 4.69) is 4.98 Å². The SMILES string of the molecule is OC(c1cnccc1C(F)(F)F)C1CC=CCC1. The fourth-order valence-corrected chi connectivity index (χ4v) is 2.26. The number of nitrogens with zero attached hydrogens (tertiary/aromatic N) is 1. The van der Waals surface area contributed by atoms with Crippen LogP contribution in [-0.2, 0) is 6.18 Å². The highest BCUT2D eigenvalue weighted by Crippen LogP contribution is 2.38. The van der Waals surface area contributed by atoms with Gasteiger partial charge in [-0.05, 0) is 31.2 Å². The molecule has 0 saturated heterocycles. The van der Waals surface area contributed by atoms with Crippen molar-refractivity contribution in [3.63, 3.8) is 0 Å². The molecule has 1 aliphatic rings. The summed E-state index contributed by atoms with van der Waals surface area (Å²) in [6.07, 6.45) is 2.63. The maximum Gasteiger partial charge on any atom is 0.416 e. The van der Waals surface area contributed by atoms with Gasteiger partial charge in [-0.1, -0.05) is 12.2 Å². The quantitative estimate of drug-likeness (QED) is 0.823. The average Bonchev–Trinajstić information content (AvgIpc) is 2.38. The first-order chi connectivity index (χ1) is 8.50. The van der Waals surface area contributed by atoms with Gasteiger partial charge in [0.25, 0.3) is 0 Å². The Balaban J connectivity index is 2.30. The van der Waals surface area contributed by atoms with E-state index in [-0.39, 0.29) is 11.5 Å². The van der Waals surface area contributed by atoms with Crippen LogP contribution in [0.3, 0.4) is 0 Å². The van der Waals surface area contributed by atoms with E-state index < -0.39 is 17.8 Å². The number of pyridine rings is 1. The summed E-state index contributed by atoms with van der Waals surface area (Å²) in [5, 5.41) is 10.1. The van der Waals surface area contributed by atoms with Crippen LogP contribution in [0.2, 0.25) is 0 Å². The molecule has 2 unspecified atom stereocenters. The number of alkyl halides is 3. The summed E-state index contributed by atoms with van der Waals surface area (Å²) in [6.45, 7) is 0. The van der Waals surface area contributed by atoms with Gasteiger partial charge >= 0.3 is 6.18 Å². The van der Waals surface area contributed by atoms with Gasteiger partial charge in [0, 0.05) is 18.0 Å². The van der Waals surface area contributed by atoms with Gasteiger partial charge in [0.05, 0.1) is 11.7 Å². The maximum absolute atomic E-state index is 12.8. The molecule has 1 aromatic heterocycles. The Kier molecular flexibility index (Phi) is 3.71. The normalized spacial score (nSPS) is 21.9. The molecule has 0 bridgehead atoms. The van der Waals surface area contributed by atoms with Gasteiger partial charge in [-0.3, -0.25) is 4.98 Å². The van der Waals surface area contributed by atoms with Crippen LogP contribution in [0.5, 0.6) is 0 Å². The number of aliphatic hydroxyl groups excluding tert-OH is 1. The molecule has 18 heavy (non-hydrogen) atoms. The van der Waals surface area contributed by atoms with Gasteiger partial charge in [-0.15, -0.1) is 0 Å². The van der Waals surface area contributed by atoms with Crippen LogP contribution in [0.25, 0.3) is 0 Å². The third-order valence-electron chi connectivity index (χ3n) is 3.23. The molecule has 98 valence electrons. The summed E-state index contributed by atoms with van der Waals surface area (Å²) >= 11 is 0. The first-order valence-electron chi connectivity index (χ1n) is 5.84. The van der Waals surface area contributed by atoms with Crippen molar-refractivity contribution in [1.82, 2.24) is 4.98 Å².